The Hall–Kier alpha value is -1.59. The normalized spacial score (nSPS) is 24.3. The number of likely N-dealkylation sites (tertiary alicyclic amines) is 1. The molecule has 0 amide bonds. The van der Waals surface area contributed by atoms with Gasteiger partial charge < -0.3 is 14.6 Å². The summed E-state index contributed by atoms with van der Waals surface area (Å²) in [5, 5.41) is 9.37. The number of nitrogens with zero attached hydrogens (tertiary/aromatic N) is 1. The van der Waals surface area contributed by atoms with E-state index in [9.17, 15) is 9.90 Å². The zero-order valence-corrected chi connectivity index (χ0v) is 13.9. The van der Waals surface area contributed by atoms with Crippen molar-refractivity contribution in [2.24, 2.45) is 0 Å². The molecule has 126 valence electrons. The number of aromatic carboxylic acids is 1. The summed E-state index contributed by atoms with van der Waals surface area (Å²) in [4.78, 5) is 13.9. The summed E-state index contributed by atoms with van der Waals surface area (Å²) in [5.74, 6) is -0.0769. The molecule has 1 aromatic carbocycles. The molecule has 2 heterocycles. The van der Waals surface area contributed by atoms with E-state index < -0.39 is 5.97 Å². The second kappa shape index (κ2) is 6.89. The zero-order valence-electron chi connectivity index (χ0n) is 13.9. The van der Waals surface area contributed by atoms with Gasteiger partial charge in [-0.05, 0) is 32.4 Å². The Morgan fingerprint density at radius 3 is 2.96 bits per heavy atom. The van der Waals surface area contributed by atoms with E-state index >= 15 is 0 Å². The number of carboxylic acids is 1. The summed E-state index contributed by atoms with van der Waals surface area (Å²) in [6, 6.07) is 3.92. The van der Waals surface area contributed by atoms with Crippen LogP contribution < -0.4 is 4.74 Å². The Labute approximate surface area is 137 Å². The van der Waals surface area contributed by atoms with Crippen LogP contribution >= 0.6 is 0 Å². The van der Waals surface area contributed by atoms with E-state index in [0.29, 0.717) is 18.6 Å². The third kappa shape index (κ3) is 3.08. The molecule has 0 aliphatic carbocycles. The largest absolute Gasteiger partial charge is 0.493 e. The van der Waals surface area contributed by atoms with Gasteiger partial charge in [0, 0.05) is 36.7 Å². The molecular weight excluding hydrogens is 294 g/mol. The van der Waals surface area contributed by atoms with E-state index in [1.807, 2.05) is 13.0 Å². The molecule has 0 radical (unpaired) electrons. The quantitative estimate of drug-likeness (QED) is 0.904. The summed E-state index contributed by atoms with van der Waals surface area (Å²) in [5.41, 5.74) is 2.35. The van der Waals surface area contributed by atoms with Crippen molar-refractivity contribution in [3.8, 4) is 5.75 Å². The molecule has 23 heavy (non-hydrogen) atoms. The molecule has 1 fully saturated rings. The molecule has 5 heteroatoms. The van der Waals surface area contributed by atoms with E-state index in [1.165, 1.54) is 0 Å². The van der Waals surface area contributed by atoms with Gasteiger partial charge in [0.05, 0.1) is 18.3 Å². The lowest BCUT2D eigenvalue weighted by Crippen LogP contribution is -2.39. The van der Waals surface area contributed by atoms with Crippen molar-refractivity contribution in [2.75, 3.05) is 26.3 Å². The summed E-state index contributed by atoms with van der Waals surface area (Å²) in [7, 11) is 0. The standard InChI is InChI=1S/C18H25NO4/c1-3-19-9-7-12(22-4-2)11-16(19)15-6-5-14(18(20)21)13-8-10-23-17(13)15/h5-6,12,16H,3-4,7-11H2,1-2H3,(H,20,21)/t12-,16-/m0/s1. The maximum Gasteiger partial charge on any atom is 0.336 e. The first-order chi connectivity index (χ1) is 11.2. The molecule has 0 unspecified atom stereocenters. The number of piperidine rings is 1. The van der Waals surface area contributed by atoms with Crippen LogP contribution in [-0.2, 0) is 11.2 Å². The van der Waals surface area contributed by atoms with Crippen LogP contribution in [0.2, 0.25) is 0 Å². The third-order valence-corrected chi connectivity index (χ3v) is 4.95. The fourth-order valence-corrected chi connectivity index (χ4v) is 3.85. The Morgan fingerprint density at radius 1 is 1.43 bits per heavy atom. The average molecular weight is 319 g/mol. The lowest BCUT2D eigenvalue weighted by molar-refractivity contribution is -0.00993. The number of carbonyl (C=O) groups is 1. The Morgan fingerprint density at radius 2 is 2.26 bits per heavy atom. The molecule has 0 aromatic heterocycles. The van der Waals surface area contributed by atoms with Gasteiger partial charge in [-0.3, -0.25) is 4.90 Å². The van der Waals surface area contributed by atoms with Gasteiger partial charge in [0.25, 0.3) is 0 Å². The number of benzene rings is 1. The van der Waals surface area contributed by atoms with Crippen LogP contribution in [0.15, 0.2) is 12.1 Å². The highest BCUT2D eigenvalue weighted by Gasteiger charge is 2.33. The van der Waals surface area contributed by atoms with E-state index in [4.69, 9.17) is 9.47 Å². The van der Waals surface area contributed by atoms with Crippen molar-refractivity contribution < 1.29 is 19.4 Å². The van der Waals surface area contributed by atoms with E-state index in [-0.39, 0.29) is 12.1 Å². The minimum absolute atomic E-state index is 0.236. The summed E-state index contributed by atoms with van der Waals surface area (Å²) in [6.07, 6.45) is 2.93. The van der Waals surface area contributed by atoms with Gasteiger partial charge in [-0.1, -0.05) is 13.0 Å². The van der Waals surface area contributed by atoms with Crippen molar-refractivity contribution in [1.29, 1.82) is 0 Å². The van der Waals surface area contributed by atoms with Crippen molar-refractivity contribution in [3.05, 3.63) is 28.8 Å². The van der Waals surface area contributed by atoms with Crippen molar-refractivity contribution in [3.63, 3.8) is 0 Å². The van der Waals surface area contributed by atoms with Crippen molar-refractivity contribution in [1.82, 2.24) is 4.90 Å². The molecule has 2 aliphatic rings. The first-order valence-electron chi connectivity index (χ1n) is 8.53. The monoisotopic (exact) mass is 319 g/mol. The van der Waals surface area contributed by atoms with Crippen LogP contribution in [0.1, 0.15) is 54.2 Å². The lowest BCUT2D eigenvalue weighted by atomic mass is 9.90. The molecular formula is C18H25NO4. The van der Waals surface area contributed by atoms with E-state index in [2.05, 4.69) is 11.8 Å². The second-order valence-corrected chi connectivity index (χ2v) is 6.16. The van der Waals surface area contributed by atoms with Crippen LogP contribution in [0.4, 0.5) is 0 Å². The smallest absolute Gasteiger partial charge is 0.336 e. The summed E-state index contributed by atoms with van der Waals surface area (Å²) < 4.78 is 11.7. The van der Waals surface area contributed by atoms with Crippen molar-refractivity contribution in [2.45, 2.75) is 45.3 Å². The molecule has 3 rings (SSSR count). The van der Waals surface area contributed by atoms with Crippen LogP contribution in [0.3, 0.4) is 0 Å². The number of rotatable bonds is 5. The summed E-state index contributed by atoms with van der Waals surface area (Å²) in [6.45, 7) is 7.47. The average Bonchev–Trinajstić information content (AvgIpc) is 3.03. The molecule has 5 nitrogen and oxygen atoms in total. The Bertz CT molecular complexity index is 587. The molecule has 2 aliphatic heterocycles. The second-order valence-electron chi connectivity index (χ2n) is 6.16. The Balaban J connectivity index is 1.96. The van der Waals surface area contributed by atoms with E-state index in [0.717, 1.165) is 49.4 Å². The predicted octanol–water partition coefficient (Wildman–Crippen LogP) is 2.88. The van der Waals surface area contributed by atoms with Crippen LogP contribution in [-0.4, -0.2) is 48.4 Å². The van der Waals surface area contributed by atoms with Gasteiger partial charge in [0.15, 0.2) is 0 Å². The number of ether oxygens (including phenoxy) is 2. The topological polar surface area (TPSA) is 59.0 Å². The highest BCUT2D eigenvalue weighted by atomic mass is 16.5. The highest BCUT2D eigenvalue weighted by Crippen LogP contribution is 2.41. The molecule has 1 aromatic rings. The molecule has 1 saturated heterocycles. The van der Waals surface area contributed by atoms with Gasteiger partial charge in [0.2, 0.25) is 0 Å². The maximum atomic E-state index is 11.4. The number of carboxylic acid groups (broad SMARTS) is 1. The van der Waals surface area contributed by atoms with Gasteiger partial charge in [-0.15, -0.1) is 0 Å². The lowest BCUT2D eigenvalue weighted by Gasteiger charge is -2.39. The molecule has 0 saturated carbocycles. The van der Waals surface area contributed by atoms with Gasteiger partial charge in [-0.2, -0.15) is 0 Å². The van der Waals surface area contributed by atoms with Crippen LogP contribution in [0.5, 0.6) is 5.75 Å². The fourth-order valence-electron chi connectivity index (χ4n) is 3.85. The third-order valence-electron chi connectivity index (χ3n) is 4.95. The van der Waals surface area contributed by atoms with Crippen LogP contribution in [0, 0.1) is 0 Å². The first kappa shape index (κ1) is 16.3. The molecule has 0 bridgehead atoms. The SMILES string of the molecule is CCO[C@H]1CCN(CC)[C@H](c2ccc(C(=O)O)c3c2OCC3)C1. The zero-order chi connectivity index (χ0) is 16.4. The number of hydrogen-bond acceptors (Lipinski definition) is 4. The maximum absolute atomic E-state index is 11.4. The van der Waals surface area contributed by atoms with Crippen LogP contribution in [0.25, 0.3) is 0 Å². The number of hydrogen-bond donors (Lipinski definition) is 1. The number of fused-ring (bicyclic) bond motifs is 1. The molecule has 0 spiro atoms. The van der Waals surface area contributed by atoms with Crippen molar-refractivity contribution >= 4 is 5.97 Å². The molecule has 2 atom stereocenters. The molecule has 1 N–H and O–H groups in total. The van der Waals surface area contributed by atoms with Gasteiger partial charge in [0.1, 0.15) is 5.75 Å². The minimum Gasteiger partial charge on any atom is -0.493 e. The van der Waals surface area contributed by atoms with E-state index in [1.54, 1.807) is 6.07 Å². The predicted molar refractivity (Wildman–Crippen MR) is 87.2 cm³/mol. The highest BCUT2D eigenvalue weighted by molar-refractivity contribution is 5.90. The van der Waals surface area contributed by atoms with Gasteiger partial charge in [-0.25, -0.2) is 4.79 Å². The summed E-state index contributed by atoms with van der Waals surface area (Å²) >= 11 is 0. The van der Waals surface area contributed by atoms with Gasteiger partial charge >= 0.3 is 5.97 Å². The fraction of sp³-hybridized carbons (Fsp3) is 0.611. The first-order valence-corrected chi connectivity index (χ1v) is 8.53. The Kier molecular flexibility index (Phi) is 4.87. The minimum atomic E-state index is -0.874.